The maximum Gasteiger partial charge on any atom is 0.174 e. The van der Waals surface area contributed by atoms with Gasteiger partial charge in [-0.1, -0.05) is 36.4 Å². The number of hydrogen-bond donors (Lipinski definition) is 2. The number of aliphatic hydroxyl groups is 1. The normalized spacial score (nSPS) is 14.5. The lowest BCUT2D eigenvalue weighted by Gasteiger charge is -2.28. The highest BCUT2D eigenvalue weighted by molar-refractivity contribution is 8.01. The minimum Gasteiger partial charge on any atom is -0.394 e. The smallest absolute Gasteiger partial charge is 0.174 e. The summed E-state index contributed by atoms with van der Waals surface area (Å²) < 4.78 is 1.06. The Morgan fingerprint density at radius 2 is 2.16 bits per heavy atom. The van der Waals surface area contributed by atoms with Gasteiger partial charge in [-0.25, -0.2) is 0 Å². The second kappa shape index (κ2) is 8.89. The first-order valence-corrected chi connectivity index (χ1v) is 8.68. The van der Waals surface area contributed by atoms with Crippen molar-refractivity contribution in [1.82, 2.24) is 15.5 Å². The van der Waals surface area contributed by atoms with E-state index in [1.54, 1.807) is 23.1 Å². The van der Waals surface area contributed by atoms with Gasteiger partial charge < -0.3 is 10.4 Å². The minimum atomic E-state index is -0.125. The maximum absolute atomic E-state index is 9.46. The fraction of sp³-hybridized carbons (Fsp3) is 0.846. The zero-order chi connectivity index (χ0) is 14.1. The molecule has 1 unspecified atom stereocenters. The highest BCUT2D eigenvalue weighted by atomic mass is 32.2. The van der Waals surface area contributed by atoms with E-state index in [1.807, 2.05) is 6.92 Å². The molecule has 4 nitrogen and oxygen atoms in total. The molecule has 1 atom stereocenters. The van der Waals surface area contributed by atoms with E-state index in [-0.39, 0.29) is 12.1 Å². The Kier molecular flexibility index (Phi) is 7.90. The highest BCUT2D eigenvalue weighted by Gasteiger charge is 2.21. The first-order valence-electron chi connectivity index (χ1n) is 6.88. The number of nitrogens with one attached hydrogen (secondary N) is 1. The van der Waals surface area contributed by atoms with Gasteiger partial charge in [-0.15, -0.1) is 10.2 Å². The first kappa shape index (κ1) is 16.9. The van der Waals surface area contributed by atoms with Crippen molar-refractivity contribution in [3.63, 3.8) is 0 Å². The maximum atomic E-state index is 9.46. The Morgan fingerprint density at radius 3 is 2.74 bits per heavy atom. The fourth-order valence-corrected chi connectivity index (χ4v) is 3.65. The van der Waals surface area contributed by atoms with Crippen LogP contribution in [-0.4, -0.2) is 39.7 Å². The third-order valence-corrected chi connectivity index (χ3v) is 5.06. The zero-order valence-electron chi connectivity index (χ0n) is 12.1. The van der Waals surface area contributed by atoms with Crippen LogP contribution in [0, 0.1) is 6.92 Å². The van der Waals surface area contributed by atoms with E-state index in [9.17, 15) is 5.11 Å². The summed E-state index contributed by atoms with van der Waals surface area (Å²) in [5.74, 6) is 1.07. The average molecular weight is 303 g/mol. The zero-order valence-corrected chi connectivity index (χ0v) is 13.7. The Morgan fingerprint density at radius 1 is 1.37 bits per heavy atom. The van der Waals surface area contributed by atoms with E-state index in [0.717, 1.165) is 47.3 Å². The number of aromatic nitrogens is 2. The summed E-state index contributed by atoms with van der Waals surface area (Å²) in [6, 6.07) is 0. The van der Waals surface area contributed by atoms with Crippen molar-refractivity contribution >= 4 is 23.1 Å². The summed E-state index contributed by atoms with van der Waals surface area (Å²) in [5, 5.41) is 22.0. The average Bonchev–Trinajstić information content (AvgIpc) is 2.82. The largest absolute Gasteiger partial charge is 0.394 e. The monoisotopic (exact) mass is 303 g/mol. The van der Waals surface area contributed by atoms with Crippen molar-refractivity contribution in [2.45, 2.75) is 56.3 Å². The van der Waals surface area contributed by atoms with Crippen LogP contribution in [-0.2, 0) is 0 Å². The van der Waals surface area contributed by atoms with Crippen LogP contribution in [0.25, 0.3) is 0 Å². The van der Waals surface area contributed by atoms with Gasteiger partial charge in [0.15, 0.2) is 4.34 Å². The lowest BCUT2D eigenvalue weighted by molar-refractivity contribution is 0.163. The van der Waals surface area contributed by atoms with Crippen LogP contribution >= 0.6 is 23.1 Å². The highest BCUT2D eigenvalue weighted by Crippen LogP contribution is 2.23. The van der Waals surface area contributed by atoms with Crippen LogP contribution in [0.5, 0.6) is 0 Å². The molecule has 0 amide bonds. The van der Waals surface area contributed by atoms with Gasteiger partial charge in [-0.2, -0.15) is 0 Å². The number of thioether (sulfide) groups is 1. The summed E-state index contributed by atoms with van der Waals surface area (Å²) in [6.45, 7) is 7.40. The van der Waals surface area contributed by atoms with E-state index < -0.39 is 0 Å². The lowest BCUT2D eigenvalue weighted by Crippen LogP contribution is -2.46. The molecule has 1 aromatic rings. The number of nitrogens with zero attached hydrogens (tertiary/aromatic N) is 2. The van der Waals surface area contributed by atoms with Crippen LogP contribution < -0.4 is 5.32 Å². The predicted molar refractivity (Wildman–Crippen MR) is 83.0 cm³/mol. The van der Waals surface area contributed by atoms with Gasteiger partial charge in [-0.3, -0.25) is 0 Å². The summed E-state index contributed by atoms with van der Waals surface area (Å²) in [7, 11) is 0. The molecule has 1 heterocycles. The fourth-order valence-electron chi connectivity index (χ4n) is 1.76. The van der Waals surface area contributed by atoms with Gasteiger partial charge in [0.25, 0.3) is 0 Å². The third kappa shape index (κ3) is 6.70. The standard InChI is InChI=1S/C13H25N3OS2/c1-4-8-14-13(3,10-17)7-5-6-9-18-12-16-15-11(2)19-12/h14,17H,4-10H2,1-3H3. The van der Waals surface area contributed by atoms with Crippen molar-refractivity contribution in [2.24, 2.45) is 0 Å². The molecule has 0 aliphatic heterocycles. The molecule has 0 aromatic carbocycles. The first-order chi connectivity index (χ1) is 9.09. The van der Waals surface area contributed by atoms with Crippen molar-refractivity contribution in [3.05, 3.63) is 5.01 Å². The molecular formula is C13H25N3OS2. The van der Waals surface area contributed by atoms with E-state index in [2.05, 4.69) is 29.4 Å². The molecule has 110 valence electrons. The summed E-state index contributed by atoms with van der Waals surface area (Å²) >= 11 is 3.43. The molecule has 0 spiro atoms. The number of rotatable bonds is 10. The Bertz CT molecular complexity index is 359. The molecule has 0 fully saturated rings. The molecule has 2 N–H and O–H groups in total. The van der Waals surface area contributed by atoms with Gasteiger partial charge in [0.05, 0.1) is 6.61 Å². The van der Waals surface area contributed by atoms with E-state index >= 15 is 0 Å². The van der Waals surface area contributed by atoms with Gasteiger partial charge in [0.2, 0.25) is 0 Å². The van der Waals surface area contributed by atoms with Crippen molar-refractivity contribution in [3.8, 4) is 0 Å². The molecule has 0 saturated heterocycles. The summed E-state index contributed by atoms with van der Waals surface area (Å²) in [6.07, 6.45) is 4.38. The topological polar surface area (TPSA) is 58.0 Å². The molecule has 6 heteroatoms. The number of unbranched alkanes of at least 4 members (excludes halogenated alkanes) is 1. The number of aryl methyl sites for hydroxylation is 1. The molecule has 0 aliphatic carbocycles. The van der Waals surface area contributed by atoms with Crippen molar-refractivity contribution in [1.29, 1.82) is 0 Å². The van der Waals surface area contributed by atoms with Gasteiger partial charge in [0.1, 0.15) is 5.01 Å². The lowest BCUT2D eigenvalue weighted by atomic mass is 9.96. The Labute approximate surface area is 124 Å². The van der Waals surface area contributed by atoms with Crippen LogP contribution in [0.15, 0.2) is 4.34 Å². The quantitative estimate of drug-likeness (QED) is 0.514. The molecule has 0 radical (unpaired) electrons. The van der Waals surface area contributed by atoms with Crippen LogP contribution in [0.4, 0.5) is 0 Å². The van der Waals surface area contributed by atoms with Crippen LogP contribution in [0.1, 0.15) is 44.5 Å². The molecule has 0 bridgehead atoms. The molecular weight excluding hydrogens is 278 g/mol. The van der Waals surface area contributed by atoms with Gasteiger partial charge in [0, 0.05) is 11.3 Å². The molecule has 0 saturated carbocycles. The second-order valence-corrected chi connectivity index (χ2v) is 7.56. The predicted octanol–water partition coefficient (Wildman–Crippen LogP) is 2.86. The minimum absolute atomic E-state index is 0.125. The van der Waals surface area contributed by atoms with E-state index in [4.69, 9.17) is 0 Å². The van der Waals surface area contributed by atoms with Crippen LogP contribution in [0.3, 0.4) is 0 Å². The second-order valence-electron chi connectivity index (χ2n) is 5.04. The SMILES string of the molecule is CCCNC(C)(CO)CCCCSc1nnc(C)s1. The third-order valence-electron chi connectivity index (χ3n) is 3.01. The molecule has 0 aliphatic rings. The Hall–Kier alpha value is -0.170. The van der Waals surface area contributed by atoms with Crippen molar-refractivity contribution in [2.75, 3.05) is 18.9 Å². The van der Waals surface area contributed by atoms with Crippen LogP contribution in [0.2, 0.25) is 0 Å². The molecule has 19 heavy (non-hydrogen) atoms. The number of hydrogen-bond acceptors (Lipinski definition) is 6. The Balaban J connectivity index is 2.15. The van der Waals surface area contributed by atoms with Gasteiger partial charge >= 0.3 is 0 Å². The molecule has 1 rings (SSSR count). The van der Waals surface area contributed by atoms with Crippen molar-refractivity contribution < 1.29 is 5.11 Å². The number of aliphatic hydroxyl groups excluding tert-OH is 1. The summed E-state index contributed by atoms with van der Waals surface area (Å²) in [4.78, 5) is 0. The molecule has 1 aromatic heterocycles. The summed E-state index contributed by atoms with van der Waals surface area (Å²) in [5.41, 5.74) is -0.125. The van der Waals surface area contributed by atoms with E-state index in [0.29, 0.717) is 0 Å². The van der Waals surface area contributed by atoms with Gasteiger partial charge in [-0.05, 0) is 39.7 Å². The van der Waals surface area contributed by atoms with E-state index in [1.165, 1.54) is 0 Å².